The van der Waals surface area contributed by atoms with Crippen LogP contribution in [-0.4, -0.2) is 82.1 Å². The Morgan fingerprint density at radius 2 is 1.15 bits per heavy atom. The van der Waals surface area contributed by atoms with E-state index >= 15 is 0 Å². The second-order valence-corrected chi connectivity index (χ2v) is 21.6. The van der Waals surface area contributed by atoms with Gasteiger partial charge in [-0.3, -0.25) is 0 Å². The Labute approximate surface area is 358 Å². The van der Waals surface area contributed by atoms with Crippen molar-refractivity contribution in [2.24, 2.45) is 34.5 Å². The van der Waals surface area contributed by atoms with Crippen LogP contribution in [0.5, 0.6) is 17.2 Å². The van der Waals surface area contributed by atoms with Crippen molar-refractivity contribution >= 4 is 31.6 Å². The molecule has 0 amide bonds. The van der Waals surface area contributed by atoms with Crippen molar-refractivity contribution in [1.29, 1.82) is 0 Å². The maximum atomic E-state index is 13.0. The average molecular weight is 831 g/mol. The molecular formula is C47H68B2O11. The molecule has 328 valence electrons. The molecule has 13 heteroatoms. The quantitative estimate of drug-likeness (QED) is 0.189. The van der Waals surface area contributed by atoms with Gasteiger partial charge < -0.3 is 42.3 Å². The summed E-state index contributed by atoms with van der Waals surface area (Å²) in [5, 5.41) is 0. The molecule has 6 aliphatic carbocycles. The van der Waals surface area contributed by atoms with E-state index in [1.807, 2.05) is 66.7 Å². The lowest BCUT2D eigenvalue weighted by atomic mass is 9.43. The number of hydrogen-bond donors (Lipinski definition) is 0. The fourth-order valence-electron chi connectivity index (χ4n) is 11.6. The highest BCUT2D eigenvalue weighted by Crippen LogP contribution is 2.67. The maximum Gasteiger partial charge on any atom is 0.498 e. The van der Waals surface area contributed by atoms with Gasteiger partial charge in [0.25, 0.3) is 0 Å². The lowest BCUT2D eigenvalue weighted by molar-refractivity contribution is -0.199. The van der Waals surface area contributed by atoms with E-state index in [0.29, 0.717) is 57.8 Å². The molecule has 2 aromatic rings. The van der Waals surface area contributed by atoms with Gasteiger partial charge >= 0.3 is 26.2 Å². The number of rotatable bonds is 8. The first kappa shape index (κ1) is 44.8. The summed E-state index contributed by atoms with van der Waals surface area (Å²) in [5.41, 5.74) is 2.11. The smallest absolute Gasteiger partial charge is 0.496 e. The summed E-state index contributed by atoms with van der Waals surface area (Å²) in [5.74, 6) is 2.82. The molecule has 4 bridgehead atoms. The van der Waals surface area contributed by atoms with Crippen LogP contribution < -0.4 is 19.7 Å². The van der Waals surface area contributed by atoms with Crippen molar-refractivity contribution in [3.05, 3.63) is 46.5 Å². The predicted molar refractivity (Wildman–Crippen MR) is 231 cm³/mol. The Balaban J connectivity index is 0.000000181. The van der Waals surface area contributed by atoms with E-state index in [9.17, 15) is 9.59 Å². The zero-order chi connectivity index (χ0) is 44.1. The second kappa shape index (κ2) is 15.2. The lowest BCUT2D eigenvalue weighted by Gasteiger charge is -2.64. The summed E-state index contributed by atoms with van der Waals surface area (Å²) in [6, 6.07) is 7.44. The van der Waals surface area contributed by atoms with Gasteiger partial charge in [0.05, 0.1) is 44.7 Å². The molecule has 2 aliphatic heterocycles. The molecule has 0 radical (unpaired) electrons. The molecule has 8 aliphatic rings. The fourth-order valence-corrected chi connectivity index (χ4v) is 11.6. The Bertz CT molecular complexity index is 2000. The van der Waals surface area contributed by atoms with Crippen molar-refractivity contribution in [1.82, 2.24) is 0 Å². The van der Waals surface area contributed by atoms with Crippen LogP contribution >= 0.6 is 0 Å². The van der Waals surface area contributed by atoms with Gasteiger partial charge in [-0.1, -0.05) is 39.8 Å². The Morgan fingerprint density at radius 3 is 1.65 bits per heavy atom. The number of carbonyl (C=O) groups excluding carboxylic acids is 2. The first-order valence-corrected chi connectivity index (χ1v) is 21.8. The van der Waals surface area contributed by atoms with Crippen LogP contribution in [0.25, 0.3) is 0 Å². The van der Waals surface area contributed by atoms with E-state index in [4.69, 9.17) is 42.3 Å². The summed E-state index contributed by atoms with van der Waals surface area (Å²) in [4.78, 5) is 25.8. The van der Waals surface area contributed by atoms with Crippen LogP contribution in [-0.2, 0) is 34.4 Å². The largest absolute Gasteiger partial charge is 0.498 e. The van der Waals surface area contributed by atoms with Gasteiger partial charge in [0, 0.05) is 11.8 Å². The number of methoxy groups -OCH3 is 3. The predicted octanol–water partition coefficient (Wildman–Crippen LogP) is 8.36. The Kier molecular flexibility index (Phi) is 11.4. The molecule has 0 N–H and O–H groups in total. The van der Waals surface area contributed by atoms with Crippen LogP contribution in [0.1, 0.15) is 141 Å². The maximum absolute atomic E-state index is 13.0. The molecule has 11 nitrogen and oxygen atoms in total. The summed E-state index contributed by atoms with van der Waals surface area (Å²) >= 11 is 0. The Hall–Kier alpha value is -3.25. The number of benzene rings is 2. The van der Waals surface area contributed by atoms with Gasteiger partial charge in [0.2, 0.25) is 0 Å². The lowest BCUT2D eigenvalue weighted by Crippen LogP contribution is -2.65. The van der Waals surface area contributed by atoms with E-state index in [-0.39, 0.29) is 47.5 Å². The highest BCUT2D eigenvalue weighted by Gasteiger charge is 2.69. The van der Waals surface area contributed by atoms with Crippen molar-refractivity contribution in [2.45, 2.75) is 157 Å². The van der Waals surface area contributed by atoms with Crippen LogP contribution in [0.4, 0.5) is 0 Å². The molecule has 6 saturated carbocycles. The van der Waals surface area contributed by atoms with Crippen molar-refractivity contribution in [2.75, 3.05) is 21.3 Å². The zero-order valence-corrected chi connectivity index (χ0v) is 39.0. The average Bonchev–Trinajstić information content (AvgIpc) is 3.68. The van der Waals surface area contributed by atoms with Crippen LogP contribution in [0.15, 0.2) is 24.3 Å². The van der Waals surface area contributed by atoms with E-state index in [2.05, 4.69) is 41.5 Å². The van der Waals surface area contributed by atoms with Gasteiger partial charge in [0.15, 0.2) is 0 Å². The van der Waals surface area contributed by atoms with Crippen LogP contribution in [0, 0.1) is 41.4 Å². The summed E-state index contributed by atoms with van der Waals surface area (Å²) in [6.07, 6.45) is 5.28. The van der Waals surface area contributed by atoms with Crippen molar-refractivity contribution in [3.8, 4) is 17.2 Å². The molecule has 2 aromatic carbocycles. The molecule has 8 fully saturated rings. The SMILES string of the molecule is COc1ccc(B2OC3C[C@@H]4C[C@@H](C4(C)C)[C@]3(C)O2)c(OC)c1C(=O)OC(C)(C)C.COc1ccc(CB2OC3C[C@@H]4C[C@@H](C4(C)C)[C@]3(C)O2)c(C)c1C(=O)OC(C)(C)C. The Morgan fingerprint density at radius 1 is 0.667 bits per heavy atom. The second-order valence-electron chi connectivity index (χ2n) is 21.6. The minimum absolute atomic E-state index is 0.0380. The first-order valence-electron chi connectivity index (χ1n) is 21.8. The number of ether oxygens (including phenoxy) is 5. The van der Waals surface area contributed by atoms with E-state index in [1.54, 1.807) is 13.2 Å². The molecule has 60 heavy (non-hydrogen) atoms. The molecule has 2 heterocycles. The molecule has 2 unspecified atom stereocenters. The first-order chi connectivity index (χ1) is 27.8. The zero-order valence-electron chi connectivity index (χ0n) is 39.0. The van der Waals surface area contributed by atoms with Gasteiger partial charge in [0.1, 0.15) is 39.6 Å². The van der Waals surface area contributed by atoms with E-state index in [1.165, 1.54) is 27.1 Å². The number of hydrogen-bond acceptors (Lipinski definition) is 11. The monoisotopic (exact) mass is 830 g/mol. The standard InChI is InChI=1S/C24H35BO5.C23H33BO6/c1-14-15(9-10-17(27-8)20(14)21(26)28-22(2,3)4)13-25-29-19-12-16-11-18(23(16,5)6)24(19,7)30-25;1-21(2,3)28-20(25)18-15(26-7)10-9-14(19(18)27-8)24-29-17-12-13-11-16(22(13,4)5)23(17,6)30-24/h9-10,16,18-19H,11-13H2,1-8H3;9-10,13,16-17H,11-12H2,1-8H3/t16-,18-,19?,24-;13-,16-,17?,23-/m00/s1. The molecular weight excluding hydrogens is 762 g/mol. The van der Waals surface area contributed by atoms with Gasteiger partial charge in [-0.2, -0.15) is 0 Å². The molecule has 2 saturated heterocycles. The number of esters is 2. The minimum Gasteiger partial charge on any atom is -0.496 e. The van der Waals surface area contributed by atoms with E-state index < -0.39 is 24.3 Å². The van der Waals surface area contributed by atoms with Gasteiger partial charge in [-0.05, 0) is 146 Å². The number of carbonyl (C=O) groups is 2. The van der Waals surface area contributed by atoms with Gasteiger partial charge in [-0.15, -0.1) is 0 Å². The van der Waals surface area contributed by atoms with E-state index in [0.717, 1.165) is 29.9 Å². The van der Waals surface area contributed by atoms with Crippen LogP contribution in [0.2, 0.25) is 0 Å². The minimum atomic E-state index is -0.640. The van der Waals surface area contributed by atoms with Crippen molar-refractivity contribution < 1.29 is 51.9 Å². The third kappa shape index (κ3) is 7.55. The topological polar surface area (TPSA) is 117 Å². The van der Waals surface area contributed by atoms with Crippen LogP contribution in [0.3, 0.4) is 0 Å². The third-order valence-electron chi connectivity index (χ3n) is 15.1. The molecule has 0 spiro atoms. The molecule has 8 atom stereocenters. The normalized spacial score (nSPS) is 31.7. The highest BCUT2D eigenvalue weighted by molar-refractivity contribution is 6.63. The summed E-state index contributed by atoms with van der Waals surface area (Å²) in [7, 11) is 3.74. The van der Waals surface area contributed by atoms with Crippen molar-refractivity contribution in [3.63, 3.8) is 0 Å². The highest BCUT2D eigenvalue weighted by atomic mass is 16.7. The summed E-state index contributed by atoms with van der Waals surface area (Å²) < 4.78 is 53.8. The molecule has 0 aromatic heterocycles. The molecule has 10 rings (SSSR count). The fraction of sp³-hybridized carbons (Fsp3) is 0.702. The third-order valence-corrected chi connectivity index (χ3v) is 15.1. The summed E-state index contributed by atoms with van der Waals surface area (Å²) in [6.45, 7) is 26.8. The van der Waals surface area contributed by atoms with Gasteiger partial charge in [-0.25, -0.2) is 9.59 Å².